The van der Waals surface area contributed by atoms with Crippen LogP contribution in [-0.2, 0) is 4.79 Å². The number of nitro groups is 1. The first-order valence-electron chi connectivity index (χ1n) is 13.7. The molecule has 0 aliphatic carbocycles. The lowest BCUT2D eigenvalue weighted by molar-refractivity contribution is -0.384. The third-order valence-corrected chi connectivity index (χ3v) is 7.91. The first kappa shape index (κ1) is 29.5. The highest BCUT2D eigenvalue weighted by atomic mass is 32.1. The fourth-order valence-corrected chi connectivity index (χ4v) is 5.92. The van der Waals surface area contributed by atoms with Crippen molar-refractivity contribution in [2.75, 3.05) is 26.1 Å². The SMILES string of the molecule is COc1ccccc1NC(=O)CCN1C(=S)N[C@@H](c2ccccn2)[C@@H]1c1cc(C)n(-c2ccc([N+](=O)[O-])cc2OC)c1C. The number of pyridine rings is 1. The summed E-state index contributed by atoms with van der Waals surface area (Å²) >= 11 is 5.82. The number of benzene rings is 2. The summed E-state index contributed by atoms with van der Waals surface area (Å²) in [6.45, 7) is 4.32. The predicted octanol–water partition coefficient (Wildman–Crippen LogP) is 5.42. The number of rotatable bonds is 10. The van der Waals surface area contributed by atoms with Crippen LogP contribution in [0.15, 0.2) is 72.9 Å². The average Bonchev–Trinajstić information content (AvgIpc) is 3.50. The van der Waals surface area contributed by atoms with E-state index in [0.717, 1.165) is 22.6 Å². The highest BCUT2D eigenvalue weighted by Gasteiger charge is 2.41. The highest BCUT2D eigenvalue weighted by molar-refractivity contribution is 7.80. The monoisotopic (exact) mass is 600 g/mol. The van der Waals surface area contributed by atoms with Crippen molar-refractivity contribution in [1.82, 2.24) is 19.8 Å². The summed E-state index contributed by atoms with van der Waals surface area (Å²) in [5, 5.41) is 18.3. The van der Waals surface area contributed by atoms with Gasteiger partial charge in [-0.05, 0) is 68.0 Å². The van der Waals surface area contributed by atoms with E-state index in [1.807, 2.05) is 53.6 Å². The number of nitrogens with one attached hydrogen (secondary N) is 2. The number of aromatic nitrogens is 2. The van der Waals surface area contributed by atoms with Gasteiger partial charge in [-0.3, -0.25) is 19.9 Å². The molecule has 2 aromatic heterocycles. The molecular weight excluding hydrogens is 568 g/mol. The number of amides is 1. The summed E-state index contributed by atoms with van der Waals surface area (Å²) in [7, 11) is 3.05. The van der Waals surface area contributed by atoms with Crippen LogP contribution in [0, 0.1) is 24.0 Å². The second kappa shape index (κ2) is 12.5. The molecule has 222 valence electrons. The number of thiocarbonyl (C=S) groups is 1. The molecule has 2 N–H and O–H groups in total. The standard InChI is InChI=1S/C31H32N6O5S/c1-19-17-22(20(2)36(19)25-13-12-21(37(39)40)18-27(25)42-4)30-29(24-10-7-8-15-32-24)34-31(43)35(30)16-14-28(38)33-23-9-5-6-11-26(23)41-3/h5-13,15,17-18,29-30H,14,16H2,1-4H3,(H,33,38)(H,34,43)/t29-,30-/m0/s1. The molecule has 1 fully saturated rings. The Balaban J connectivity index is 1.50. The molecule has 0 radical (unpaired) electrons. The third-order valence-electron chi connectivity index (χ3n) is 7.56. The van der Waals surface area contributed by atoms with Gasteiger partial charge in [0, 0.05) is 36.6 Å². The fourth-order valence-electron chi connectivity index (χ4n) is 5.59. The van der Waals surface area contributed by atoms with Crippen LogP contribution >= 0.6 is 12.2 Å². The van der Waals surface area contributed by atoms with Crippen molar-refractivity contribution in [2.24, 2.45) is 0 Å². The number of hydrogen-bond donors (Lipinski definition) is 2. The van der Waals surface area contributed by atoms with Crippen molar-refractivity contribution < 1.29 is 19.2 Å². The lowest BCUT2D eigenvalue weighted by atomic mass is 9.96. The molecule has 1 amide bonds. The van der Waals surface area contributed by atoms with Crippen molar-refractivity contribution in [2.45, 2.75) is 32.4 Å². The lowest BCUT2D eigenvalue weighted by Gasteiger charge is -2.28. The van der Waals surface area contributed by atoms with Gasteiger partial charge >= 0.3 is 0 Å². The van der Waals surface area contributed by atoms with Crippen LogP contribution in [0.25, 0.3) is 5.69 Å². The van der Waals surface area contributed by atoms with E-state index in [9.17, 15) is 14.9 Å². The van der Waals surface area contributed by atoms with Gasteiger partial charge in [0.2, 0.25) is 5.91 Å². The predicted molar refractivity (Wildman–Crippen MR) is 167 cm³/mol. The van der Waals surface area contributed by atoms with Crippen molar-refractivity contribution >= 4 is 34.6 Å². The largest absolute Gasteiger partial charge is 0.495 e. The van der Waals surface area contributed by atoms with Gasteiger partial charge in [0.05, 0.1) is 54.4 Å². The summed E-state index contributed by atoms with van der Waals surface area (Å²) in [6.07, 6.45) is 1.92. The summed E-state index contributed by atoms with van der Waals surface area (Å²) < 4.78 is 12.9. The van der Waals surface area contributed by atoms with E-state index in [1.165, 1.54) is 19.2 Å². The lowest BCUT2D eigenvalue weighted by Crippen LogP contribution is -2.33. The quantitative estimate of drug-likeness (QED) is 0.140. The van der Waals surface area contributed by atoms with Crippen LogP contribution in [0.2, 0.25) is 0 Å². The van der Waals surface area contributed by atoms with Gasteiger partial charge in [-0.15, -0.1) is 0 Å². The van der Waals surface area contributed by atoms with Crippen LogP contribution < -0.4 is 20.1 Å². The normalized spacial score (nSPS) is 16.1. The smallest absolute Gasteiger partial charge is 0.273 e. The molecule has 11 nitrogen and oxygen atoms in total. The Morgan fingerprint density at radius 1 is 1.07 bits per heavy atom. The van der Waals surface area contributed by atoms with E-state index >= 15 is 0 Å². The molecule has 2 atom stereocenters. The number of para-hydroxylation sites is 2. The molecule has 0 bridgehead atoms. The molecule has 1 aliphatic heterocycles. The van der Waals surface area contributed by atoms with E-state index in [0.29, 0.717) is 34.5 Å². The Hall–Kier alpha value is -4.97. The van der Waals surface area contributed by atoms with E-state index in [1.54, 1.807) is 31.5 Å². The van der Waals surface area contributed by atoms with Crippen molar-refractivity contribution in [3.63, 3.8) is 0 Å². The molecule has 1 aliphatic rings. The van der Waals surface area contributed by atoms with Gasteiger partial charge in [-0.2, -0.15) is 0 Å². The Labute approximate surface area is 254 Å². The number of hydrogen-bond acceptors (Lipinski definition) is 7. The van der Waals surface area contributed by atoms with Gasteiger partial charge in [-0.1, -0.05) is 18.2 Å². The summed E-state index contributed by atoms with van der Waals surface area (Å²) in [5.41, 5.74) is 4.83. The minimum absolute atomic E-state index is 0.0542. The van der Waals surface area contributed by atoms with Crippen LogP contribution in [0.5, 0.6) is 11.5 Å². The molecule has 4 aromatic rings. The Kier molecular flexibility index (Phi) is 8.58. The second-order valence-corrected chi connectivity index (χ2v) is 10.5. The molecule has 3 heterocycles. The molecular formula is C31H32N6O5S. The molecule has 0 spiro atoms. The zero-order valence-electron chi connectivity index (χ0n) is 24.2. The first-order chi connectivity index (χ1) is 20.7. The topological polar surface area (TPSA) is 124 Å². The number of ether oxygens (including phenoxy) is 2. The van der Waals surface area contributed by atoms with Crippen LogP contribution in [0.3, 0.4) is 0 Å². The summed E-state index contributed by atoms with van der Waals surface area (Å²) in [4.78, 5) is 30.6. The highest BCUT2D eigenvalue weighted by Crippen LogP contribution is 2.42. The van der Waals surface area contributed by atoms with E-state index < -0.39 is 4.92 Å². The van der Waals surface area contributed by atoms with Crippen LogP contribution in [0.1, 0.15) is 41.1 Å². The van der Waals surface area contributed by atoms with Gasteiger partial charge < -0.3 is 29.6 Å². The molecule has 2 aromatic carbocycles. The van der Waals surface area contributed by atoms with E-state index in [-0.39, 0.29) is 30.1 Å². The van der Waals surface area contributed by atoms with E-state index in [4.69, 9.17) is 21.7 Å². The van der Waals surface area contributed by atoms with Gasteiger partial charge in [0.1, 0.15) is 11.5 Å². The second-order valence-electron chi connectivity index (χ2n) is 10.1. The number of methoxy groups -OCH3 is 2. The molecule has 1 saturated heterocycles. The fraction of sp³-hybridized carbons (Fsp3) is 0.258. The Morgan fingerprint density at radius 2 is 1.81 bits per heavy atom. The minimum atomic E-state index is -0.447. The maximum absolute atomic E-state index is 13.1. The minimum Gasteiger partial charge on any atom is -0.495 e. The number of nitro benzene ring substituents is 1. The third kappa shape index (κ3) is 5.86. The van der Waals surface area contributed by atoms with Crippen molar-refractivity contribution in [3.8, 4) is 17.2 Å². The van der Waals surface area contributed by atoms with Crippen LogP contribution in [-0.4, -0.2) is 51.2 Å². The number of nitrogens with zero attached hydrogens (tertiary/aromatic N) is 4. The molecule has 0 saturated carbocycles. The number of anilines is 1. The van der Waals surface area contributed by atoms with Crippen LogP contribution in [0.4, 0.5) is 11.4 Å². The maximum atomic E-state index is 13.1. The zero-order chi connectivity index (χ0) is 30.7. The maximum Gasteiger partial charge on any atom is 0.273 e. The van der Waals surface area contributed by atoms with Gasteiger partial charge in [0.25, 0.3) is 5.69 Å². The number of aryl methyl sites for hydroxylation is 1. The zero-order valence-corrected chi connectivity index (χ0v) is 25.1. The first-order valence-corrected chi connectivity index (χ1v) is 14.1. The average molecular weight is 601 g/mol. The van der Waals surface area contributed by atoms with Crippen molar-refractivity contribution in [1.29, 1.82) is 0 Å². The van der Waals surface area contributed by atoms with Gasteiger partial charge in [0.15, 0.2) is 5.11 Å². The molecule has 12 heteroatoms. The molecule has 0 unspecified atom stereocenters. The van der Waals surface area contributed by atoms with Gasteiger partial charge in [-0.25, -0.2) is 0 Å². The number of non-ortho nitro benzene ring substituents is 1. The molecule has 5 rings (SSSR count). The Morgan fingerprint density at radius 3 is 2.51 bits per heavy atom. The van der Waals surface area contributed by atoms with Crippen molar-refractivity contribution in [3.05, 3.63) is 106 Å². The number of carbonyl (C=O) groups excluding carboxylic acids is 1. The summed E-state index contributed by atoms with van der Waals surface area (Å²) in [6, 6.07) is 19.1. The van der Waals surface area contributed by atoms with E-state index in [2.05, 4.69) is 21.7 Å². The summed E-state index contributed by atoms with van der Waals surface area (Å²) in [5.74, 6) is 0.790. The Bertz CT molecular complexity index is 1670. The number of carbonyl (C=O) groups is 1. The molecule has 43 heavy (non-hydrogen) atoms.